The highest BCUT2D eigenvalue weighted by atomic mass is 32.2. The molecule has 1 amide bonds. The maximum Gasteiger partial charge on any atom is 0.273 e. The van der Waals surface area contributed by atoms with E-state index in [0.717, 1.165) is 0 Å². The van der Waals surface area contributed by atoms with Gasteiger partial charge in [-0.2, -0.15) is 0 Å². The highest BCUT2D eigenvalue weighted by Gasteiger charge is 2.34. The summed E-state index contributed by atoms with van der Waals surface area (Å²) in [7, 11) is -2.77. The zero-order chi connectivity index (χ0) is 16.6. The van der Waals surface area contributed by atoms with Crippen LogP contribution in [0, 0.1) is 0 Å². The number of likely N-dealkylation sites (N-methyl/N-ethyl adjacent to an activating group) is 1. The second-order valence-electron chi connectivity index (χ2n) is 4.82. The van der Waals surface area contributed by atoms with E-state index in [0.29, 0.717) is 4.31 Å². The highest BCUT2D eigenvalue weighted by Crippen LogP contribution is 2.33. The van der Waals surface area contributed by atoms with Crippen LogP contribution in [-0.4, -0.2) is 30.7 Å². The summed E-state index contributed by atoms with van der Waals surface area (Å²) in [4.78, 5) is 16.2. The Morgan fingerprint density at radius 1 is 1.17 bits per heavy atom. The van der Waals surface area contributed by atoms with Gasteiger partial charge in [-0.15, -0.1) is 0 Å². The van der Waals surface area contributed by atoms with Crippen LogP contribution in [0.1, 0.15) is 5.56 Å². The number of carbonyl (C=O) groups is 1. The first-order valence-corrected chi connectivity index (χ1v) is 8.09. The van der Waals surface area contributed by atoms with Crippen LogP contribution < -0.4 is 10.4 Å². The molecule has 23 heavy (non-hydrogen) atoms. The molecule has 1 aromatic carbocycles. The lowest BCUT2D eigenvalue weighted by Gasteiger charge is -2.33. The normalized spacial score (nSPS) is 16.0. The number of aromatic nitrogens is 1. The number of rotatable bonds is 2. The number of hydrogen-bond acceptors (Lipinski definition) is 5. The van der Waals surface area contributed by atoms with Gasteiger partial charge in [-0.05, 0) is 23.8 Å². The first-order chi connectivity index (χ1) is 10.9. The van der Waals surface area contributed by atoms with E-state index in [1.807, 2.05) is 0 Å². The molecule has 0 aliphatic carbocycles. The molecule has 0 radical (unpaired) electrons. The summed E-state index contributed by atoms with van der Waals surface area (Å²) in [6.07, 6.45) is 1.47. The number of benzene rings is 1. The minimum absolute atomic E-state index is 0.0169. The van der Waals surface area contributed by atoms with Gasteiger partial charge in [-0.25, -0.2) is 13.4 Å². The van der Waals surface area contributed by atoms with Gasteiger partial charge >= 0.3 is 0 Å². The Kier molecular flexibility index (Phi) is 3.53. The molecular weight excluding hydrogens is 318 g/mol. The van der Waals surface area contributed by atoms with Gasteiger partial charge in [0.1, 0.15) is 11.5 Å². The molecule has 1 aliphatic rings. The van der Waals surface area contributed by atoms with Gasteiger partial charge in [-0.3, -0.25) is 9.10 Å². The van der Waals surface area contributed by atoms with Crippen LogP contribution in [0.25, 0.3) is 5.76 Å². The van der Waals surface area contributed by atoms with Gasteiger partial charge in [0.25, 0.3) is 15.9 Å². The van der Waals surface area contributed by atoms with Crippen LogP contribution in [0.4, 0.5) is 5.82 Å². The van der Waals surface area contributed by atoms with Crippen molar-refractivity contribution in [2.45, 2.75) is 4.90 Å². The minimum atomic E-state index is -3.95. The van der Waals surface area contributed by atoms with Crippen molar-refractivity contribution in [3.05, 3.63) is 59.9 Å². The largest absolute Gasteiger partial charge is 0.870 e. The molecule has 2 heterocycles. The van der Waals surface area contributed by atoms with E-state index in [4.69, 9.17) is 0 Å². The Morgan fingerprint density at radius 3 is 2.57 bits per heavy atom. The Labute approximate surface area is 132 Å². The molecule has 8 heteroatoms. The lowest BCUT2D eigenvalue weighted by molar-refractivity contribution is -0.246. The van der Waals surface area contributed by atoms with E-state index in [-0.39, 0.29) is 16.3 Å². The second-order valence-corrected chi connectivity index (χ2v) is 6.75. The monoisotopic (exact) mass is 330 g/mol. The number of carbonyl (C=O) groups excluding carboxylic acids is 1. The molecule has 0 bridgehead atoms. The maximum atomic E-state index is 12.5. The highest BCUT2D eigenvalue weighted by molar-refractivity contribution is 7.89. The van der Waals surface area contributed by atoms with Gasteiger partial charge in [0.2, 0.25) is 0 Å². The number of nitrogens with zero attached hydrogens (tertiary/aromatic N) is 2. The fraction of sp³-hybridized carbons (Fsp3) is 0.0667. The standard InChI is InChI=1S/C15H13N3O4S/c1-18-13(15(20)17-12-8-4-5-9-16-12)14(19)10-6-2-3-7-11(10)23(18,21)22/h2-9,19H,1H3,(H,16,17,20)/p-1. The quantitative estimate of drug-likeness (QED) is 0.858. The smallest absolute Gasteiger partial charge is 0.273 e. The zero-order valence-corrected chi connectivity index (χ0v) is 12.9. The molecule has 0 fully saturated rings. The van der Waals surface area contributed by atoms with Gasteiger partial charge in [0, 0.05) is 13.2 Å². The van der Waals surface area contributed by atoms with Crippen LogP contribution >= 0.6 is 0 Å². The van der Waals surface area contributed by atoms with Gasteiger partial charge in [-0.1, -0.05) is 30.0 Å². The lowest BCUT2D eigenvalue weighted by Crippen LogP contribution is -2.39. The van der Waals surface area contributed by atoms with Crippen molar-refractivity contribution in [2.75, 3.05) is 12.4 Å². The number of nitrogens with one attached hydrogen (secondary N) is 1. The van der Waals surface area contributed by atoms with E-state index in [9.17, 15) is 18.3 Å². The van der Waals surface area contributed by atoms with Crippen LogP contribution in [0.15, 0.2) is 59.3 Å². The Morgan fingerprint density at radius 2 is 1.87 bits per heavy atom. The summed E-state index contributed by atoms with van der Waals surface area (Å²) in [5.41, 5.74) is -0.480. The van der Waals surface area contributed by atoms with Crippen LogP contribution in [0.5, 0.6) is 0 Å². The summed E-state index contributed by atoms with van der Waals surface area (Å²) >= 11 is 0. The van der Waals surface area contributed by atoms with Gasteiger partial charge in [0.15, 0.2) is 0 Å². The minimum Gasteiger partial charge on any atom is -0.870 e. The van der Waals surface area contributed by atoms with Crippen molar-refractivity contribution in [3.63, 3.8) is 0 Å². The van der Waals surface area contributed by atoms with Crippen LogP contribution in [0.3, 0.4) is 0 Å². The summed E-state index contributed by atoms with van der Waals surface area (Å²) in [6, 6.07) is 10.7. The van der Waals surface area contributed by atoms with Crippen molar-refractivity contribution < 1.29 is 18.3 Å². The molecule has 1 N–H and O–H groups in total. The number of pyridine rings is 1. The molecule has 7 nitrogen and oxygen atoms in total. The van der Waals surface area contributed by atoms with Crippen LogP contribution in [-0.2, 0) is 14.8 Å². The topological polar surface area (TPSA) is 102 Å². The fourth-order valence-corrected chi connectivity index (χ4v) is 3.67. The van der Waals surface area contributed by atoms with Crippen molar-refractivity contribution >= 4 is 27.5 Å². The summed E-state index contributed by atoms with van der Waals surface area (Å²) < 4.78 is 25.7. The van der Waals surface area contributed by atoms with Crippen LogP contribution in [0.2, 0.25) is 0 Å². The fourth-order valence-electron chi connectivity index (χ4n) is 2.28. The third kappa shape index (κ3) is 2.42. The molecule has 0 unspecified atom stereocenters. The first kappa shape index (κ1) is 15.0. The predicted octanol–water partition coefficient (Wildman–Crippen LogP) is 0.383. The van der Waals surface area contributed by atoms with E-state index in [1.54, 1.807) is 18.2 Å². The predicted molar refractivity (Wildman–Crippen MR) is 81.2 cm³/mol. The number of amides is 1. The zero-order valence-electron chi connectivity index (χ0n) is 12.1. The average molecular weight is 330 g/mol. The molecule has 3 rings (SSSR count). The Bertz CT molecular complexity index is 907. The Balaban J connectivity index is 2.09. The third-order valence-electron chi connectivity index (χ3n) is 3.42. The van der Waals surface area contributed by atoms with Gasteiger partial charge in [0.05, 0.1) is 4.90 Å². The second kappa shape index (κ2) is 5.40. The Hall–Kier alpha value is -2.87. The summed E-state index contributed by atoms with van der Waals surface area (Å²) in [6.45, 7) is 0. The molecule has 0 atom stereocenters. The molecule has 118 valence electrons. The first-order valence-electron chi connectivity index (χ1n) is 6.65. The lowest BCUT2D eigenvalue weighted by atomic mass is 10.1. The van der Waals surface area contributed by atoms with Crippen molar-refractivity contribution in [1.82, 2.24) is 9.29 Å². The van der Waals surface area contributed by atoms with E-state index in [1.165, 1.54) is 37.5 Å². The summed E-state index contributed by atoms with van der Waals surface area (Å²) in [5.74, 6) is -1.25. The molecule has 1 aliphatic heterocycles. The molecule has 1 aromatic heterocycles. The van der Waals surface area contributed by atoms with E-state index in [2.05, 4.69) is 10.3 Å². The van der Waals surface area contributed by atoms with E-state index >= 15 is 0 Å². The number of anilines is 1. The SMILES string of the molecule is CN1C(C(=O)Nc2ccccn2)=C([O-])c2ccccc2S1(=O)=O. The number of fused-ring (bicyclic) bond motifs is 1. The van der Waals surface area contributed by atoms with Crippen molar-refractivity contribution in [2.24, 2.45) is 0 Å². The average Bonchev–Trinajstić information content (AvgIpc) is 2.54. The molecular formula is C15H12N3O4S-. The molecule has 0 spiro atoms. The van der Waals surface area contributed by atoms with Crippen molar-refractivity contribution in [1.29, 1.82) is 0 Å². The van der Waals surface area contributed by atoms with E-state index < -0.39 is 27.4 Å². The van der Waals surface area contributed by atoms with Gasteiger partial charge < -0.3 is 10.4 Å². The number of hydrogen-bond donors (Lipinski definition) is 1. The molecule has 0 saturated carbocycles. The number of sulfonamides is 1. The maximum absolute atomic E-state index is 12.5. The molecule has 0 saturated heterocycles. The summed E-state index contributed by atoms with van der Waals surface area (Å²) in [5, 5.41) is 14.9. The third-order valence-corrected chi connectivity index (χ3v) is 5.24. The molecule has 2 aromatic rings. The van der Waals surface area contributed by atoms with Crippen molar-refractivity contribution in [3.8, 4) is 0 Å².